The van der Waals surface area contributed by atoms with Crippen LogP contribution in [0.5, 0.6) is 0 Å². The van der Waals surface area contributed by atoms with E-state index in [1.807, 2.05) is 18.2 Å². The van der Waals surface area contributed by atoms with E-state index in [0.29, 0.717) is 12.0 Å². The van der Waals surface area contributed by atoms with Crippen molar-refractivity contribution in [2.24, 2.45) is 0 Å². The molecule has 3 N–H and O–H groups in total. The van der Waals surface area contributed by atoms with Crippen LogP contribution in [0.1, 0.15) is 24.6 Å². The number of carbonyl (C=O) groups excluding carboxylic acids is 1. The summed E-state index contributed by atoms with van der Waals surface area (Å²) in [5.74, 6) is -0.500. The van der Waals surface area contributed by atoms with Crippen LogP contribution >= 0.6 is 11.3 Å². The van der Waals surface area contributed by atoms with Crippen molar-refractivity contribution in [3.63, 3.8) is 0 Å². The lowest BCUT2D eigenvalue weighted by Gasteiger charge is -2.30. The summed E-state index contributed by atoms with van der Waals surface area (Å²) in [5.41, 5.74) is 2.92. The van der Waals surface area contributed by atoms with Crippen molar-refractivity contribution in [3.8, 4) is 16.5 Å². The first-order valence-corrected chi connectivity index (χ1v) is 13.6. The maximum absolute atomic E-state index is 12.8. The number of carbonyl (C=O) groups is 1. The molecule has 0 aliphatic carbocycles. The van der Waals surface area contributed by atoms with Crippen molar-refractivity contribution >= 4 is 39.3 Å². The molecule has 2 saturated heterocycles. The fraction of sp³-hybridized carbons (Fsp3) is 0.379. The zero-order chi connectivity index (χ0) is 26.6. The van der Waals surface area contributed by atoms with E-state index in [0.717, 1.165) is 47.0 Å². The Morgan fingerprint density at radius 1 is 1.11 bits per heavy atom. The number of nitrogens with one attached hydrogen (secondary N) is 1. The van der Waals surface area contributed by atoms with Gasteiger partial charge in [-0.25, -0.2) is 0 Å². The molecule has 1 amide bonds. The first kappa shape index (κ1) is 26.4. The van der Waals surface area contributed by atoms with Gasteiger partial charge in [0.05, 0.1) is 25.4 Å². The van der Waals surface area contributed by atoms with Crippen molar-refractivity contribution in [2.45, 2.75) is 38.3 Å². The Morgan fingerprint density at radius 3 is 2.63 bits per heavy atom. The summed E-state index contributed by atoms with van der Waals surface area (Å²) in [6.45, 7) is 5.18. The molecule has 0 saturated carbocycles. The molecule has 2 aliphatic rings. The van der Waals surface area contributed by atoms with E-state index in [2.05, 4.69) is 46.6 Å². The summed E-state index contributed by atoms with van der Waals surface area (Å²) in [4.78, 5) is 17.0. The summed E-state index contributed by atoms with van der Waals surface area (Å²) >= 11 is 1.53. The standard InChI is InChI=1S/C29H31N3O5S/c1-18(25(16-30)29(35)31-17-24-14-23(33)15-28(34)37-24)26-6-7-27(38-26)21-3-2-20-13-22(5-4-19(20)12-21)32-8-10-36-11-9-32/h2-7,12-13,23-24,28,33-34H,8-11,14-15,17H2,1H3,(H,31,35)/b25-18+. The number of hydrogen-bond acceptors (Lipinski definition) is 8. The van der Waals surface area contributed by atoms with Gasteiger partial charge in [0.1, 0.15) is 11.6 Å². The Kier molecular flexibility index (Phi) is 8.07. The van der Waals surface area contributed by atoms with E-state index in [9.17, 15) is 20.3 Å². The molecule has 2 fully saturated rings. The molecule has 0 spiro atoms. The first-order valence-electron chi connectivity index (χ1n) is 12.8. The normalized spacial score (nSPS) is 22.6. The van der Waals surface area contributed by atoms with E-state index >= 15 is 0 Å². The Morgan fingerprint density at radius 2 is 1.87 bits per heavy atom. The average molecular weight is 534 g/mol. The van der Waals surface area contributed by atoms with Crippen molar-refractivity contribution in [2.75, 3.05) is 37.7 Å². The van der Waals surface area contributed by atoms with Crippen molar-refractivity contribution in [3.05, 3.63) is 59.0 Å². The second-order valence-electron chi connectivity index (χ2n) is 9.67. The molecule has 38 heavy (non-hydrogen) atoms. The van der Waals surface area contributed by atoms with E-state index in [1.54, 1.807) is 6.92 Å². The molecular weight excluding hydrogens is 502 g/mol. The number of nitrogens with zero attached hydrogens (tertiary/aromatic N) is 2. The van der Waals surface area contributed by atoms with Gasteiger partial charge in [-0.1, -0.05) is 18.2 Å². The van der Waals surface area contributed by atoms with Crippen LogP contribution < -0.4 is 10.2 Å². The topological polar surface area (TPSA) is 115 Å². The highest BCUT2D eigenvalue weighted by molar-refractivity contribution is 7.16. The van der Waals surface area contributed by atoms with Gasteiger partial charge in [0.25, 0.3) is 5.91 Å². The smallest absolute Gasteiger partial charge is 0.262 e. The third kappa shape index (κ3) is 5.90. The predicted molar refractivity (Wildman–Crippen MR) is 148 cm³/mol. The van der Waals surface area contributed by atoms with Crippen LogP contribution in [-0.4, -0.2) is 67.5 Å². The van der Waals surface area contributed by atoms with E-state index in [4.69, 9.17) is 9.47 Å². The summed E-state index contributed by atoms with van der Waals surface area (Å²) in [6, 6.07) is 18.9. The monoisotopic (exact) mass is 533 g/mol. The second kappa shape index (κ2) is 11.6. The SMILES string of the molecule is C/C(=C(/C#N)C(=O)NCC1CC(O)CC(O)O1)c1ccc(-c2ccc3cc(N4CCOCC4)ccc3c2)s1. The van der Waals surface area contributed by atoms with Crippen LogP contribution in [-0.2, 0) is 14.3 Å². The fourth-order valence-corrected chi connectivity index (χ4v) is 5.93. The minimum absolute atomic E-state index is 0.0319. The number of nitriles is 1. The highest BCUT2D eigenvalue weighted by atomic mass is 32.1. The maximum atomic E-state index is 12.8. The van der Waals surface area contributed by atoms with E-state index in [-0.39, 0.29) is 18.5 Å². The molecule has 0 radical (unpaired) electrons. The quantitative estimate of drug-likeness (QED) is 0.327. The number of morpholine rings is 1. The highest BCUT2D eigenvalue weighted by Gasteiger charge is 2.27. The van der Waals surface area contributed by atoms with Gasteiger partial charge in [0, 0.05) is 47.9 Å². The Hall–Kier alpha value is -3.26. The number of allylic oxidation sites excluding steroid dienone is 1. The van der Waals surface area contributed by atoms with Crippen LogP contribution in [0.15, 0.2) is 54.1 Å². The van der Waals surface area contributed by atoms with E-state index in [1.165, 1.54) is 22.4 Å². The number of fused-ring (bicyclic) bond motifs is 1. The third-order valence-corrected chi connectivity index (χ3v) is 8.28. The lowest BCUT2D eigenvalue weighted by atomic mass is 10.0. The summed E-state index contributed by atoms with van der Waals surface area (Å²) in [7, 11) is 0. The zero-order valence-corrected chi connectivity index (χ0v) is 22.0. The lowest BCUT2D eigenvalue weighted by Crippen LogP contribution is -2.42. The number of thiophene rings is 1. The van der Waals surface area contributed by atoms with Crippen LogP contribution in [0.4, 0.5) is 5.69 Å². The molecule has 5 rings (SSSR count). The van der Waals surface area contributed by atoms with Crippen molar-refractivity contribution in [1.29, 1.82) is 5.26 Å². The minimum Gasteiger partial charge on any atom is -0.393 e. The molecule has 3 heterocycles. The van der Waals surface area contributed by atoms with Gasteiger partial charge in [-0.3, -0.25) is 4.79 Å². The number of rotatable bonds is 6. The van der Waals surface area contributed by atoms with Crippen LogP contribution in [0, 0.1) is 11.3 Å². The molecule has 8 nitrogen and oxygen atoms in total. The molecule has 3 unspecified atom stereocenters. The number of ether oxygens (including phenoxy) is 2. The summed E-state index contributed by atoms with van der Waals surface area (Å²) in [6.07, 6.45) is -1.78. The second-order valence-corrected chi connectivity index (χ2v) is 10.8. The first-order chi connectivity index (χ1) is 18.4. The number of hydrogen-bond donors (Lipinski definition) is 3. The molecular formula is C29H31N3O5S. The van der Waals surface area contributed by atoms with Gasteiger partial charge in [-0.2, -0.15) is 5.26 Å². The largest absolute Gasteiger partial charge is 0.393 e. The number of anilines is 1. The summed E-state index contributed by atoms with van der Waals surface area (Å²) < 4.78 is 10.8. The third-order valence-electron chi connectivity index (χ3n) is 7.02. The lowest BCUT2D eigenvalue weighted by molar-refractivity contribution is -0.187. The fourth-order valence-electron chi connectivity index (χ4n) is 4.92. The molecule has 3 aromatic rings. The van der Waals surface area contributed by atoms with Gasteiger partial charge >= 0.3 is 0 Å². The molecule has 198 valence electrons. The Balaban J connectivity index is 1.30. The molecule has 2 aromatic carbocycles. The molecule has 2 aliphatic heterocycles. The Labute approximate surface area is 225 Å². The van der Waals surface area contributed by atoms with Crippen LogP contribution in [0.25, 0.3) is 26.8 Å². The average Bonchev–Trinajstić information content (AvgIpc) is 3.42. The van der Waals surface area contributed by atoms with Crippen LogP contribution in [0.3, 0.4) is 0 Å². The summed E-state index contributed by atoms with van der Waals surface area (Å²) in [5, 5.41) is 34.2. The van der Waals surface area contributed by atoms with E-state index < -0.39 is 24.4 Å². The molecule has 0 bridgehead atoms. The van der Waals surface area contributed by atoms with Gasteiger partial charge in [0.15, 0.2) is 6.29 Å². The molecule has 9 heteroatoms. The van der Waals surface area contributed by atoms with Crippen molar-refractivity contribution in [1.82, 2.24) is 5.32 Å². The number of amides is 1. The Bertz CT molecular complexity index is 1380. The molecule has 3 atom stereocenters. The molecule has 1 aromatic heterocycles. The van der Waals surface area contributed by atoms with Gasteiger partial charge in [-0.15, -0.1) is 11.3 Å². The van der Waals surface area contributed by atoms with Gasteiger partial charge in [-0.05, 0) is 59.2 Å². The minimum atomic E-state index is -1.06. The van der Waals surface area contributed by atoms with Gasteiger partial charge < -0.3 is 29.9 Å². The number of aliphatic hydroxyl groups excluding tert-OH is 2. The maximum Gasteiger partial charge on any atom is 0.262 e. The predicted octanol–water partition coefficient (Wildman–Crippen LogP) is 3.68. The number of aliphatic hydroxyl groups is 2. The van der Waals surface area contributed by atoms with Crippen LogP contribution in [0.2, 0.25) is 0 Å². The van der Waals surface area contributed by atoms with Crippen molar-refractivity contribution < 1.29 is 24.5 Å². The highest BCUT2D eigenvalue weighted by Crippen LogP contribution is 2.35. The van der Waals surface area contributed by atoms with Gasteiger partial charge in [0.2, 0.25) is 0 Å². The zero-order valence-electron chi connectivity index (χ0n) is 21.2. The number of benzene rings is 2.